The summed E-state index contributed by atoms with van der Waals surface area (Å²) >= 11 is 5.92. The fourth-order valence-corrected chi connectivity index (χ4v) is 4.24. The van der Waals surface area contributed by atoms with Crippen LogP contribution in [0, 0.1) is 23.6 Å². The second-order valence-electron chi connectivity index (χ2n) is 7.92. The molecule has 2 bridgehead atoms. The Kier molecular flexibility index (Phi) is 4.73. The highest BCUT2D eigenvalue weighted by atomic mass is 35.5. The highest BCUT2D eigenvalue weighted by Gasteiger charge is 2.43. The summed E-state index contributed by atoms with van der Waals surface area (Å²) < 4.78 is 19.6. The lowest BCUT2D eigenvalue weighted by molar-refractivity contribution is -0.156. The van der Waals surface area contributed by atoms with Crippen molar-refractivity contribution in [1.82, 2.24) is 4.98 Å². The number of esters is 1. The lowest BCUT2D eigenvalue weighted by atomic mass is 9.82. The molecule has 0 spiro atoms. The van der Waals surface area contributed by atoms with Crippen LogP contribution < -0.4 is 4.90 Å². The number of aromatic nitrogens is 1. The number of hydrogen-bond acceptors (Lipinski definition) is 4. The van der Waals surface area contributed by atoms with Gasteiger partial charge < -0.3 is 9.64 Å². The maximum Gasteiger partial charge on any atom is 0.306 e. The van der Waals surface area contributed by atoms with E-state index >= 15 is 0 Å². The molecule has 0 aromatic carbocycles. The van der Waals surface area contributed by atoms with Crippen LogP contribution in [0.3, 0.4) is 0 Å². The van der Waals surface area contributed by atoms with Gasteiger partial charge in [0.15, 0.2) is 5.82 Å². The minimum Gasteiger partial charge on any atom is -0.460 e. The molecule has 132 valence electrons. The number of hydrogen-bond donors (Lipinski definition) is 0. The molecule has 0 amide bonds. The van der Waals surface area contributed by atoms with Crippen molar-refractivity contribution in [2.45, 2.75) is 45.6 Å². The number of fused-ring (bicyclic) bond motifs is 2. The van der Waals surface area contributed by atoms with Crippen LogP contribution in [-0.4, -0.2) is 29.6 Å². The highest BCUT2D eigenvalue weighted by Crippen LogP contribution is 2.45. The van der Waals surface area contributed by atoms with E-state index in [0.717, 1.165) is 25.9 Å². The van der Waals surface area contributed by atoms with Crippen molar-refractivity contribution in [2.24, 2.45) is 17.8 Å². The summed E-state index contributed by atoms with van der Waals surface area (Å²) in [6.45, 7) is 7.16. The average Bonchev–Trinajstić information content (AvgIpc) is 2.70. The summed E-state index contributed by atoms with van der Waals surface area (Å²) in [6, 6.07) is 1.59. The third kappa shape index (κ3) is 3.82. The molecule has 1 aromatic heterocycles. The first kappa shape index (κ1) is 17.5. The van der Waals surface area contributed by atoms with Crippen molar-refractivity contribution >= 4 is 23.3 Å². The zero-order chi connectivity index (χ0) is 17.5. The molecule has 1 saturated heterocycles. The standard InChI is InChI=1S/C18H24ClFN2O2/c1-18(2,3)24-17(23)6-13-11-4-5-12(13)10-22(9-11)15-7-16(19)21-8-14(15)20/h7-8,11-13H,4-6,9-10H2,1-3H3/t11-,12+,13?. The van der Waals surface area contributed by atoms with Crippen LogP contribution in [0.4, 0.5) is 10.1 Å². The maximum atomic E-state index is 14.1. The zero-order valence-electron chi connectivity index (χ0n) is 14.4. The number of anilines is 1. The Morgan fingerprint density at radius 1 is 1.38 bits per heavy atom. The molecule has 3 atom stereocenters. The van der Waals surface area contributed by atoms with E-state index in [-0.39, 0.29) is 11.8 Å². The molecule has 1 saturated carbocycles. The van der Waals surface area contributed by atoms with Crippen LogP contribution in [0.5, 0.6) is 0 Å². The Balaban J connectivity index is 1.68. The molecular formula is C18H24ClFN2O2. The molecule has 1 aromatic rings. The van der Waals surface area contributed by atoms with E-state index in [9.17, 15) is 9.18 Å². The Morgan fingerprint density at radius 3 is 2.58 bits per heavy atom. The molecule has 3 rings (SSSR count). The molecule has 2 aliphatic rings. The van der Waals surface area contributed by atoms with Gasteiger partial charge in [0.1, 0.15) is 10.8 Å². The van der Waals surface area contributed by atoms with E-state index < -0.39 is 5.60 Å². The second kappa shape index (κ2) is 6.51. The fourth-order valence-electron chi connectivity index (χ4n) is 4.09. The van der Waals surface area contributed by atoms with Gasteiger partial charge in [-0.3, -0.25) is 4.79 Å². The van der Waals surface area contributed by atoms with Crippen molar-refractivity contribution < 1.29 is 13.9 Å². The molecule has 1 aliphatic carbocycles. The molecule has 0 radical (unpaired) electrons. The van der Waals surface area contributed by atoms with E-state index in [4.69, 9.17) is 16.3 Å². The zero-order valence-corrected chi connectivity index (χ0v) is 15.1. The van der Waals surface area contributed by atoms with Crippen molar-refractivity contribution in [3.05, 3.63) is 23.2 Å². The summed E-state index contributed by atoms with van der Waals surface area (Å²) in [5.74, 6) is 0.641. The fraction of sp³-hybridized carbons (Fsp3) is 0.667. The predicted octanol–water partition coefficient (Wildman–Crippen LogP) is 4.07. The topological polar surface area (TPSA) is 42.4 Å². The van der Waals surface area contributed by atoms with Gasteiger partial charge in [0.2, 0.25) is 0 Å². The first-order valence-electron chi connectivity index (χ1n) is 8.51. The Hall–Kier alpha value is -1.36. The van der Waals surface area contributed by atoms with Crippen LogP contribution >= 0.6 is 11.6 Å². The third-order valence-electron chi connectivity index (χ3n) is 4.99. The SMILES string of the molecule is CC(C)(C)OC(=O)CC1[C@@H]2CC[C@H]1CN(c1cc(Cl)ncc1F)C2. The molecule has 2 heterocycles. The van der Waals surface area contributed by atoms with Gasteiger partial charge in [-0.15, -0.1) is 0 Å². The number of ether oxygens (including phenoxy) is 1. The minimum atomic E-state index is -0.451. The first-order chi connectivity index (χ1) is 11.2. The van der Waals surface area contributed by atoms with Gasteiger partial charge in [-0.25, -0.2) is 9.37 Å². The second-order valence-corrected chi connectivity index (χ2v) is 8.30. The normalized spacial score (nSPS) is 26.5. The minimum absolute atomic E-state index is 0.129. The number of halogens is 2. The van der Waals surface area contributed by atoms with Crippen molar-refractivity contribution in [2.75, 3.05) is 18.0 Å². The smallest absolute Gasteiger partial charge is 0.306 e. The summed E-state index contributed by atoms with van der Waals surface area (Å²) in [4.78, 5) is 18.0. The number of nitrogens with zero attached hydrogens (tertiary/aromatic N) is 2. The van der Waals surface area contributed by atoms with Crippen LogP contribution in [0.2, 0.25) is 5.15 Å². The molecule has 24 heavy (non-hydrogen) atoms. The lowest BCUT2D eigenvalue weighted by Crippen LogP contribution is -2.43. The molecule has 0 N–H and O–H groups in total. The first-order valence-corrected chi connectivity index (χ1v) is 8.88. The summed E-state index contributed by atoms with van der Waals surface area (Å²) in [7, 11) is 0. The molecular weight excluding hydrogens is 331 g/mol. The van der Waals surface area contributed by atoms with Crippen LogP contribution in [-0.2, 0) is 9.53 Å². The van der Waals surface area contributed by atoms with Crippen LogP contribution in [0.15, 0.2) is 12.3 Å². The van der Waals surface area contributed by atoms with E-state index in [1.54, 1.807) is 6.07 Å². The number of carbonyl (C=O) groups is 1. The van der Waals surface area contributed by atoms with Gasteiger partial charge in [-0.1, -0.05) is 11.6 Å². The van der Waals surface area contributed by atoms with Gasteiger partial charge in [-0.05, 0) is 51.4 Å². The number of piperidine rings is 1. The van der Waals surface area contributed by atoms with E-state index in [1.165, 1.54) is 6.20 Å². The van der Waals surface area contributed by atoms with Crippen LogP contribution in [0.1, 0.15) is 40.0 Å². The largest absolute Gasteiger partial charge is 0.460 e. The monoisotopic (exact) mass is 354 g/mol. The Labute approximate surface area is 147 Å². The molecule has 4 nitrogen and oxygen atoms in total. The molecule has 1 aliphatic heterocycles. The lowest BCUT2D eigenvalue weighted by Gasteiger charge is -2.39. The molecule has 6 heteroatoms. The van der Waals surface area contributed by atoms with Gasteiger partial charge in [0.05, 0.1) is 11.9 Å². The molecule has 1 unspecified atom stereocenters. The number of rotatable bonds is 3. The summed E-state index contributed by atoms with van der Waals surface area (Å²) in [6.07, 6.45) is 3.79. The van der Waals surface area contributed by atoms with Gasteiger partial charge in [0, 0.05) is 25.6 Å². The maximum absolute atomic E-state index is 14.1. The highest BCUT2D eigenvalue weighted by molar-refractivity contribution is 6.29. The van der Waals surface area contributed by atoms with Gasteiger partial charge in [-0.2, -0.15) is 0 Å². The van der Waals surface area contributed by atoms with Crippen molar-refractivity contribution in [1.29, 1.82) is 0 Å². The number of pyridine rings is 1. The Morgan fingerprint density at radius 2 is 2.00 bits per heavy atom. The Bertz CT molecular complexity index is 618. The quantitative estimate of drug-likeness (QED) is 0.606. The predicted molar refractivity (Wildman–Crippen MR) is 91.6 cm³/mol. The van der Waals surface area contributed by atoms with Gasteiger partial charge in [0.25, 0.3) is 0 Å². The number of carbonyl (C=O) groups excluding carboxylic acids is 1. The van der Waals surface area contributed by atoms with E-state index in [2.05, 4.69) is 9.88 Å². The summed E-state index contributed by atoms with van der Waals surface area (Å²) in [5.41, 5.74) is 0.0657. The third-order valence-corrected chi connectivity index (χ3v) is 5.20. The van der Waals surface area contributed by atoms with E-state index in [1.807, 2.05) is 20.8 Å². The molecule has 2 fully saturated rings. The van der Waals surface area contributed by atoms with Crippen molar-refractivity contribution in [3.8, 4) is 0 Å². The van der Waals surface area contributed by atoms with Crippen molar-refractivity contribution in [3.63, 3.8) is 0 Å². The van der Waals surface area contributed by atoms with E-state index in [0.29, 0.717) is 35.0 Å². The summed E-state index contributed by atoms with van der Waals surface area (Å²) in [5, 5.41) is 0.301. The van der Waals surface area contributed by atoms with Gasteiger partial charge >= 0.3 is 5.97 Å². The van der Waals surface area contributed by atoms with Crippen LogP contribution in [0.25, 0.3) is 0 Å². The average molecular weight is 355 g/mol.